The first-order valence-electron chi connectivity index (χ1n) is 10.6. The Morgan fingerprint density at radius 2 is 1.67 bits per heavy atom. The van der Waals surface area contributed by atoms with Gasteiger partial charge >= 0.3 is 0 Å². The third-order valence-corrected chi connectivity index (χ3v) is 8.10. The summed E-state index contributed by atoms with van der Waals surface area (Å²) in [6.45, 7) is 6.71. The van der Waals surface area contributed by atoms with E-state index in [1.54, 1.807) is 24.3 Å². The van der Waals surface area contributed by atoms with Gasteiger partial charge in [0.2, 0.25) is 5.91 Å². The maximum Gasteiger partial charge on any atom is 0.266 e. The number of hydrogen-bond donors (Lipinski definition) is 0. The number of carbonyl (C=O) groups excluding carboxylic acids is 1. The maximum atomic E-state index is 13.4. The summed E-state index contributed by atoms with van der Waals surface area (Å²) in [5.41, 5.74) is 1.42. The van der Waals surface area contributed by atoms with Crippen LogP contribution in [0.15, 0.2) is 59.5 Å². The number of benzene rings is 2. The Hall–Kier alpha value is -2.18. The predicted molar refractivity (Wildman–Crippen MR) is 117 cm³/mol. The number of ether oxygens (including phenoxy) is 1. The second kappa shape index (κ2) is 9.31. The standard InChI is InChI=1S/C24H31NO4S/c1-4-24(5-2)17-21(15-16-29-18-20-9-7-6-8-10-20)25(23(24)26)30(27,28)22-13-11-19(3)12-14-22/h6-14,21H,4-5,15-18H2,1-3H3/t21-/m0/s1. The molecule has 2 aromatic rings. The van der Waals surface area contributed by atoms with Crippen LogP contribution in [0.4, 0.5) is 0 Å². The van der Waals surface area contributed by atoms with Gasteiger partial charge in [0.1, 0.15) is 0 Å². The normalized spacial score (nSPS) is 18.7. The number of amides is 1. The molecule has 0 aromatic heterocycles. The van der Waals surface area contributed by atoms with Gasteiger partial charge in [-0.2, -0.15) is 0 Å². The maximum absolute atomic E-state index is 13.4. The molecule has 0 radical (unpaired) electrons. The lowest BCUT2D eigenvalue weighted by molar-refractivity contribution is -0.132. The monoisotopic (exact) mass is 429 g/mol. The summed E-state index contributed by atoms with van der Waals surface area (Å²) >= 11 is 0. The van der Waals surface area contributed by atoms with Crippen molar-refractivity contribution in [3.63, 3.8) is 0 Å². The van der Waals surface area contributed by atoms with Gasteiger partial charge in [-0.05, 0) is 50.3 Å². The van der Waals surface area contributed by atoms with Crippen LogP contribution in [0.1, 0.15) is 50.7 Å². The second-order valence-corrected chi connectivity index (χ2v) is 9.91. The molecule has 1 aliphatic rings. The van der Waals surface area contributed by atoms with E-state index in [1.165, 1.54) is 0 Å². The molecule has 0 unspecified atom stereocenters. The van der Waals surface area contributed by atoms with Crippen molar-refractivity contribution in [3.8, 4) is 0 Å². The molecule has 0 saturated carbocycles. The van der Waals surface area contributed by atoms with E-state index >= 15 is 0 Å². The fourth-order valence-corrected chi connectivity index (χ4v) is 5.89. The molecule has 0 bridgehead atoms. The number of sulfonamides is 1. The summed E-state index contributed by atoms with van der Waals surface area (Å²) in [5, 5.41) is 0. The molecule has 3 rings (SSSR count). The van der Waals surface area contributed by atoms with E-state index in [0.29, 0.717) is 38.9 Å². The van der Waals surface area contributed by atoms with Gasteiger partial charge < -0.3 is 4.74 Å². The molecule has 1 atom stereocenters. The van der Waals surface area contributed by atoms with Crippen LogP contribution in [0, 0.1) is 12.3 Å². The minimum absolute atomic E-state index is 0.166. The van der Waals surface area contributed by atoms with Crippen LogP contribution in [0.3, 0.4) is 0 Å². The van der Waals surface area contributed by atoms with E-state index in [-0.39, 0.29) is 16.8 Å². The summed E-state index contributed by atoms with van der Waals surface area (Å²) < 4.78 is 33.8. The van der Waals surface area contributed by atoms with Crippen LogP contribution >= 0.6 is 0 Å². The van der Waals surface area contributed by atoms with Gasteiger partial charge in [-0.25, -0.2) is 12.7 Å². The summed E-state index contributed by atoms with van der Waals surface area (Å²) in [4.78, 5) is 13.5. The van der Waals surface area contributed by atoms with Crippen molar-refractivity contribution < 1.29 is 17.9 Å². The van der Waals surface area contributed by atoms with Crippen molar-refractivity contribution in [2.45, 2.75) is 64.0 Å². The average molecular weight is 430 g/mol. The zero-order valence-corrected chi connectivity index (χ0v) is 18.8. The van der Waals surface area contributed by atoms with E-state index in [0.717, 1.165) is 15.4 Å². The van der Waals surface area contributed by atoms with Gasteiger partial charge in [0.15, 0.2) is 0 Å². The first kappa shape index (κ1) is 22.5. The zero-order valence-electron chi connectivity index (χ0n) is 18.0. The molecule has 1 amide bonds. The lowest BCUT2D eigenvalue weighted by Gasteiger charge is -2.26. The molecule has 1 heterocycles. The highest BCUT2D eigenvalue weighted by atomic mass is 32.2. The van der Waals surface area contributed by atoms with Crippen LogP contribution in [0.5, 0.6) is 0 Å². The smallest absolute Gasteiger partial charge is 0.266 e. The second-order valence-electron chi connectivity index (χ2n) is 8.09. The Morgan fingerprint density at radius 3 is 2.27 bits per heavy atom. The molecule has 5 nitrogen and oxygen atoms in total. The minimum Gasteiger partial charge on any atom is -0.377 e. The summed E-state index contributed by atoms with van der Waals surface area (Å²) in [5.74, 6) is -0.277. The van der Waals surface area contributed by atoms with Crippen LogP contribution in [-0.4, -0.2) is 31.3 Å². The number of aryl methyl sites for hydroxylation is 1. The highest BCUT2D eigenvalue weighted by molar-refractivity contribution is 7.89. The average Bonchev–Trinajstić information content (AvgIpc) is 3.05. The van der Waals surface area contributed by atoms with Gasteiger partial charge in [-0.3, -0.25) is 4.79 Å². The van der Waals surface area contributed by atoms with Crippen LogP contribution in [0.25, 0.3) is 0 Å². The molecule has 30 heavy (non-hydrogen) atoms. The van der Waals surface area contributed by atoms with Crippen LogP contribution in [0.2, 0.25) is 0 Å². The van der Waals surface area contributed by atoms with Crippen LogP contribution < -0.4 is 0 Å². The fraction of sp³-hybridized carbons (Fsp3) is 0.458. The molecule has 0 aliphatic carbocycles. The number of nitrogens with zero attached hydrogens (tertiary/aromatic N) is 1. The lowest BCUT2D eigenvalue weighted by atomic mass is 9.79. The molecule has 2 aromatic carbocycles. The third kappa shape index (κ3) is 4.44. The van der Waals surface area contributed by atoms with Crippen LogP contribution in [-0.2, 0) is 26.2 Å². The molecule has 1 aliphatic heterocycles. The Labute approximate surface area is 180 Å². The van der Waals surface area contributed by atoms with E-state index < -0.39 is 15.4 Å². The molecular weight excluding hydrogens is 398 g/mol. The Morgan fingerprint density at radius 1 is 1.03 bits per heavy atom. The molecule has 1 saturated heterocycles. The molecule has 0 N–H and O–H groups in total. The van der Waals surface area contributed by atoms with Crippen molar-refractivity contribution in [2.24, 2.45) is 5.41 Å². The topological polar surface area (TPSA) is 63.7 Å². The lowest BCUT2D eigenvalue weighted by Crippen LogP contribution is -2.41. The first-order valence-corrected chi connectivity index (χ1v) is 12.1. The highest BCUT2D eigenvalue weighted by Gasteiger charge is 2.53. The Bertz CT molecular complexity index is 950. The van der Waals surface area contributed by atoms with Gasteiger partial charge in [0.05, 0.1) is 23.0 Å². The quantitative estimate of drug-likeness (QED) is 0.542. The van der Waals surface area contributed by atoms with Gasteiger partial charge in [-0.15, -0.1) is 0 Å². The molecule has 1 fully saturated rings. The minimum atomic E-state index is -3.91. The van der Waals surface area contributed by atoms with E-state index in [4.69, 9.17) is 4.74 Å². The number of rotatable bonds is 9. The third-order valence-electron chi connectivity index (χ3n) is 6.25. The van der Waals surface area contributed by atoms with Crippen molar-refractivity contribution >= 4 is 15.9 Å². The first-order chi connectivity index (χ1) is 14.3. The number of carbonyl (C=O) groups is 1. The fourth-order valence-electron chi connectivity index (χ4n) is 4.19. The van der Waals surface area contributed by atoms with E-state index in [1.807, 2.05) is 51.1 Å². The van der Waals surface area contributed by atoms with E-state index in [9.17, 15) is 13.2 Å². The van der Waals surface area contributed by atoms with Crippen molar-refractivity contribution in [1.82, 2.24) is 4.31 Å². The van der Waals surface area contributed by atoms with Crippen molar-refractivity contribution in [2.75, 3.05) is 6.61 Å². The summed E-state index contributed by atoms with van der Waals surface area (Å²) in [7, 11) is -3.91. The van der Waals surface area contributed by atoms with Crippen molar-refractivity contribution in [1.29, 1.82) is 0 Å². The van der Waals surface area contributed by atoms with E-state index in [2.05, 4.69) is 0 Å². The Kier molecular flexibility index (Phi) is 6.98. The molecule has 6 heteroatoms. The summed E-state index contributed by atoms with van der Waals surface area (Å²) in [6, 6.07) is 16.2. The highest BCUT2D eigenvalue weighted by Crippen LogP contribution is 2.45. The Balaban J connectivity index is 1.79. The van der Waals surface area contributed by atoms with Crippen molar-refractivity contribution in [3.05, 3.63) is 65.7 Å². The van der Waals surface area contributed by atoms with Gasteiger partial charge in [-0.1, -0.05) is 61.9 Å². The number of hydrogen-bond acceptors (Lipinski definition) is 4. The summed E-state index contributed by atoms with van der Waals surface area (Å²) in [6.07, 6.45) is 2.29. The molecule has 0 spiro atoms. The SMILES string of the molecule is CCC1(CC)C[C@H](CCOCc2ccccc2)N(S(=O)(=O)c2ccc(C)cc2)C1=O. The molecular formula is C24H31NO4S. The zero-order chi connectivity index (χ0) is 21.8. The van der Waals surface area contributed by atoms with Gasteiger partial charge in [0.25, 0.3) is 10.0 Å². The predicted octanol–water partition coefficient (Wildman–Crippen LogP) is 4.70. The molecule has 162 valence electrons. The largest absolute Gasteiger partial charge is 0.377 e. The van der Waals surface area contributed by atoms with Gasteiger partial charge in [0, 0.05) is 6.61 Å².